The smallest absolute Gasteiger partial charge is 0.169 e. The van der Waals surface area contributed by atoms with Crippen LogP contribution < -0.4 is 15.2 Å². The normalized spacial score (nSPS) is 12.0. The molecular formula is C17H21NO2. The van der Waals surface area contributed by atoms with E-state index >= 15 is 0 Å². The highest BCUT2D eigenvalue weighted by Crippen LogP contribution is 2.32. The average molecular weight is 271 g/mol. The van der Waals surface area contributed by atoms with Crippen molar-refractivity contribution in [3.63, 3.8) is 0 Å². The number of hydrogen-bond acceptors (Lipinski definition) is 3. The molecule has 1 unspecified atom stereocenters. The molecule has 3 nitrogen and oxygen atoms in total. The van der Waals surface area contributed by atoms with Gasteiger partial charge in [0.1, 0.15) is 5.75 Å². The Balaban J connectivity index is 2.20. The van der Waals surface area contributed by atoms with Crippen molar-refractivity contribution in [2.75, 3.05) is 7.11 Å². The first-order chi connectivity index (χ1) is 9.63. The van der Waals surface area contributed by atoms with Crippen molar-refractivity contribution >= 4 is 0 Å². The molecule has 0 radical (unpaired) electrons. The molecule has 0 aliphatic carbocycles. The van der Waals surface area contributed by atoms with Crippen LogP contribution in [0.1, 0.15) is 31.0 Å². The molecular weight excluding hydrogens is 250 g/mol. The Morgan fingerprint density at radius 1 is 1.05 bits per heavy atom. The van der Waals surface area contributed by atoms with Crippen LogP contribution in [0.5, 0.6) is 17.2 Å². The predicted octanol–water partition coefficient (Wildman–Crippen LogP) is 4.07. The van der Waals surface area contributed by atoms with E-state index in [0.717, 1.165) is 29.2 Å². The Bertz CT molecular complexity index is 562. The summed E-state index contributed by atoms with van der Waals surface area (Å²) >= 11 is 0. The summed E-state index contributed by atoms with van der Waals surface area (Å²) in [6.45, 7) is 4.07. The second-order valence-corrected chi connectivity index (χ2v) is 4.80. The van der Waals surface area contributed by atoms with Gasteiger partial charge in [0, 0.05) is 6.04 Å². The zero-order valence-electron chi connectivity index (χ0n) is 12.2. The van der Waals surface area contributed by atoms with Crippen LogP contribution in [0.15, 0.2) is 42.5 Å². The fourth-order valence-corrected chi connectivity index (χ4v) is 1.98. The van der Waals surface area contributed by atoms with E-state index in [1.807, 2.05) is 49.4 Å². The molecule has 0 saturated heterocycles. The third-order valence-corrected chi connectivity index (χ3v) is 3.27. The van der Waals surface area contributed by atoms with E-state index in [1.54, 1.807) is 7.11 Å². The van der Waals surface area contributed by atoms with Gasteiger partial charge in [-0.1, -0.05) is 25.1 Å². The van der Waals surface area contributed by atoms with E-state index in [2.05, 4.69) is 6.92 Å². The number of rotatable bonds is 5. The molecule has 0 amide bonds. The Morgan fingerprint density at radius 2 is 1.75 bits per heavy atom. The highest BCUT2D eigenvalue weighted by Gasteiger charge is 2.07. The van der Waals surface area contributed by atoms with Gasteiger partial charge in [-0.3, -0.25) is 0 Å². The summed E-state index contributed by atoms with van der Waals surface area (Å²) in [5.41, 5.74) is 8.15. The van der Waals surface area contributed by atoms with Gasteiger partial charge in [0.05, 0.1) is 7.11 Å². The summed E-state index contributed by atoms with van der Waals surface area (Å²) in [7, 11) is 1.65. The van der Waals surface area contributed by atoms with Crippen molar-refractivity contribution in [1.82, 2.24) is 0 Å². The van der Waals surface area contributed by atoms with Crippen LogP contribution in [0.3, 0.4) is 0 Å². The Kier molecular flexibility index (Phi) is 4.64. The minimum Gasteiger partial charge on any atom is -0.493 e. The first-order valence-corrected chi connectivity index (χ1v) is 6.84. The first-order valence-electron chi connectivity index (χ1n) is 6.84. The van der Waals surface area contributed by atoms with Crippen LogP contribution in [0, 0.1) is 0 Å². The Morgan fingerprint density at radius 3 is 2.30 bits per heavy atom. The lowest BCUT2D eigenvalue weighted by molar-refractivity contribution is 0.378. The summed E-state index contributed by atoms with van der Waals surface area (Å²) < 4.78 is 11.2. The van der Waals surface area contributed by atoms with E-state index in [4.69, 9.17) is 15.2 Å². The zero-order valence-corrected chi connectivity index (χ0v) is 12.2. The molecule has 0 spiro atoms. The summed E-state index contributed by atoms with van der Waals surface area (Å²) in [6, 6.07) is 13.8. The van der Waals surface area contributed by atoms with Gasteiger partial charge in [0.25, 0.3) is 0 Å². The van der Waals surface area contributed by atoms with Crippen molar-refractivity contribution < 1.29 is 9.47 Å². The molecule has 106 valence electrons. The van der Waals surface area contributed by atoms with Crippen molar-refractivity contribution in [2.45, 2.75) is 26.3 Å². The summed E-state index contributed by atoms with van der Waals surface area (Å²) in [5, 5.41) is 0. The van der Waals surface area contributed by atoms with Crippen LogP contribution in [0.25, 0.3) is 0 Å². The van der Waals surface area contributed by atoms with E-state index < -0.39 is 0 Å². The average Bonchev–Trinajstić information content (AvgIpc) is 2.48. The molecule has 0 aromatic heterocycles. The highest BCUT2D eigenvalue weighted by atomic mass is 16.5. The number of aryl methyl sites for hydroxylation is 1. The number of benzene rings is 2. The van der Waals surface area contributed by atoms with Gasteiger partial charge in [0.2, 0.25) is 0 Å². The molecule has 0 aliphatic heterocycles. The maximum Gasteiger partial charge on any atom is 0.169 e. The molecule has 0 aliphatic rings. The third-order valence-electron chi connectivity index (χ3n) is 3.27. The molecule has 0 heterocycles. The summed E-state index contributed by atoms with van der Waals surface area (Å²) in [6.07, 6.45) is 0.972. The van der Waals surface area contributed by atoms with Gasteiger partial charge in [-0.2, -0.15) is 0 Å². The van der Waals surface area contributed by atoms with Gasteiger partial charge in [-0.15, -0.1) is 0 Å². The van der Waals surface area contributed by atoms with Gasteiger partial charge in [0.15, 0.2) is 11.5 Å². The molecule has 20 heavy (non-hydrogen) atoms. The lowest BCUT2D eigenvalue weighted by atomic mass is 10.1. The molecule has 2 aromatic carbocycles. The standard InChI is InChI=1S/C17H21NO2/c1-4-13-5-10-16(17(11-13)19-3)20-15-8-6-14(7-9-15)12(2)18/h5-12H,4,18H2,1-3H3. The van der Waals surface area contributed by atoms with Gasteiger partial charge in [-0.25, -0.2) is 0 Å². The molecule has 2 aromatic rings. The summed E-state index contributed by atoms with van der Waals surface area (Å²) in [4.78, 5) is 0. The van der Waals surface area contributed by atoms with E-state index in [0.29, 0.717) is 0 Å². The zero-order chi connectivity index (χ0) is 14.5. The molecule has 1 atom stereocenters. The van der Waals surface area contributed by atoms with E-state index in [1.165, 1.54) is 5.56 Å². The largest absolute Gasteiger partial charge is 0.493 e. The second-order valence-electron chi connectivity index (χ2n) is 4.80. The van der Waals surface area contributed by atoms with Gasteiger partial charge >= 0.3 is 0 Å². The molecule has 0 saturated carbocycles. The van der Waals surface area contributed by atoms with Crippen LogP contribution in [0.2, 0.25) is 0 Å². The molecule has 2 N–H and O–H groups in total. The molecule has 0 fully saturated rings. The quantitative estimate of drug-likeness (QED) is 0.891. The van der Waals surface area contributed by atoms with Gasteiger partial charge < -0.3 is 15.2 Å². The number of ether oxygens (including phenoxy) is 2. The van der Waals surface area contributed by atoms with Crippen LogP contribution in [-0.2, 0) is 6.42 Å². The van der Waals surface area contributed by atoms with Crippen LogP contribution >= 0.6 is 0 Å². The Hall–Kier alpha value is -2.00. The second kappa shape index (κ2) is 6.44. The molecule has 0 bridgehead atoms. The number of methoxy groups -OCH3 is 1. The fraction of sp³-hybridized carbons (Fsp3) is 0.294. The van der Waals surface area contributed by atoms with Crippen molar-refractivity contribution in [2.24, 2.45) is 5.73 Å². The fourth-order valence-electron chi connectivity index (χ4n) is 1.98. The minimum absolute atomic E-state index is 0.0300. The maximum absolute atomic E-state index is 5.87. The maximum atomic E-state index is 5.87. The first kappa shape index (κ1) is 14.4. The van der Waals surface area contributed by atoms with E-state index in [-0.39, 0.29) is 6.04 Å². The highest BCUT2D eigenvalue weighted by molar-refractivity contribution is 5.45. The lowest BCUT2D eigenvalue weighted by Crippen LogP contribution is -2.04. The van der Waals surface area contributed by atoms with Gasteiger partial charge in [-0.05, 0) is 48.7 Å². The topological polar surface area (TPSA) is 44.5 Å². The van der Waals surface area contributed by atoms with Crippen molar-refractivity contribution in [3.8, 4) is 17.2 Å². The molecule has 2 rings (SSSR count). The Labute approximate surface area is 120 Å². The molecule has 3 heteroatoms. The van der Waals surface area contributed by atoms with Crippen molar-refractivity contribution in [3.05, 3.63) is 53.6 Å². The summed E-state index contributed by atoms with van der Waals surface area (Å²) in [5.74, 6) is 2.25. The predicted molar refractivity (Wildman–Crippen MR) is 81.5 cm³/mol. The SMILES string of the molecule is CCc1ccc(Oc2ccc(C(C)N)cc2)c(OC)c1. The number of hydrogen-bond donors (Lipinski definition) is 1. The number of nitrogens with two attached hydrogens (primary N) is 1. The van der Waals surface area contributed by atoms with Crippen molar-refractivity contribution in [1.29, 1.82) is 0 Å². The lowest BCUT2D eigenvalue weighted by Gasteiger charge is -2.12. The van der Waals surface area contributed by atoms with E-state index in [9.17, 15) is 0 Å². The van der Waals surface area contributed by atoms with Crippen LogP contribution in [-0.4, -0.2) is 7.11 Å². The van der Waals surface area contributed by atoms with Crippen LogP contribution in [0.4, 0.5) is 0 Å². The monoisotopic (exact) mass is 271 g/mol. The minimum atomic E-state index is 0.0300. The third kappa shape index (κ3) is 3.31.